The molecule has 1 aliphatic rings. The van der Waals surface area contributed by atoms with Gasteiger partial charge in [0.05, 0.1) is 11.5 Å². The number of benzene rings is 1. The molecule has 0 aliphatic carbocycles. The Morgan fingerprint density at radius 3 is 3.00 bits per heavy atom. The zero-order valence-electron chi connectivity index (χ0n) is 12.5. The van der Waals surface area contributed by atoms with Crippen LogP contribution in [0.15, 0.2) is 23.1 Å². The summed E-state index contributed by atoms with van der Waals surface area (Å²) in [7, 11) is -3.46. The molecule has 0 bridgehead atoms. The van der Waals surface area contributed by atoms with Crippen molar-refractivity contribution in [3.05, 3.63) is 23.8 Å². The molecule has 1 aliphatic heterocycles. The first kappa shape index (κ1) is 16.3. The highest BCUT2D eigenvalue weighted by Gasteiger charge is 2.21. The minimum absolute atomic E-state index is 0.309. The Kier molecular flexibility index (Phi) is 6.02. The average molecular weight is 312 g/mol. The average Bonchev–Trinajstić information content (AvgIpc) is 2.50. The summed E-state index contributed by atoms with van der Waals surface area (Å²) in [5.41, 5.74) is 1.83. The van der Waals surface area contributed by atoms with Crippen molar-refractivity contribution in [2.45, 2.75) is 37.5 Å². The minimum Gasteiger partial charge on any atom is -0.385 e. The molecule has 0 aromatic heterocycles. The van der Waals surface area contributed by atoms with E-state index in [1.54, 1.807) is 12.1 Å². The summed E-state index contributed by atoms with van der Waals surface area (Å²) >= 11 is 0. The van der Waals surface area contributed by atoms with E-state index in [0.717, 1.165) is 43.5 Å². The lowest BCUT2D eigenvalue weighted by Crippen LogP contribution is -2.29. The van der Waals surface area contributed by atoms with Crippen LogP contribution in [0.3, 0.4) is 0 Å². The number of anilines is 1. The molecule has 0 saturated heterocycles. The zero-order valence-corrected chi connectivity index (χ0v) is 13.3. The summed E-state index contributed by atoms with van der Waals surface area (Å²) in [5, 5.41) is 3.25. The highest BCUT2D eigenvalue weighted by atomic mass is 32.2. The van der Waals surface area contributed by atoms with Gasteiger partial charge in [-0.25, -0.2) is 13.1 Å². The standard InChI is InChI=1S/C15H24N2O3S/c1-2-3-11-20-12-10-17-21(18,19)15-8-4-7-14-13(15)6-5-9-16-14/h4,7-8,16-17H,2-3,5-6,9-12H2,1H3. The molecule has 2 N–H and O–H groups in total. The summed E-state index contributed by atoms with van der Waals surface area (Å²) in [6, 6.07) is 5.39. The Morgan fingerprint density at radius 2 is 2.19 bits per heavy atom. The van der Waals surface area contributed by atoms with Crippen LogP contribution < -0.4 is 10.0 Å². The maximum Gasteiger partial charge on any atom is 0.240 e. The van der Waals surface area contributed by atoms with Gasteiger partial charge in [0.2, 0.25) is 10.0 Å². The maximum atomic E-state index is 12.4. The summed E-state index contributed by atoms with van der Waals surface area (Å²) < 4.78 is 32.8. The molecule has 1 heterocycles. The van der Waals surface area contributed by atoms with Crippen LogP contribution in [0.1, 0.15) is 31.7 Å². The van der Waals surface area contributed by atoms with E-state index in [9.17, 15) is 8.42 Å². The van der Waals surface area contributed by atoms with Gasteiger partial charge in [-0.1, -0.05) is 19.4 Å². The van der Waals surface area contributed by atoms with Crippen LogP contribution in [0.5, 0.6) is 0 Å². The number of fused-ring (bicyclic) bond motifs is 1. The number of sulfonamides is 1. The normalized spacial score (nSPS) is 14.5. The van der Waals surface area contributed by atoms with Gasteiger partial charge in [-0.05, 0) is 37.0 Å². The molecule has 0 fully saturated rings. The number of hydrogen-bond acceptors (Lipinski definition) is 4. The van der Waals surface area contributed by atoms with Gasteiger partial charge < -0.3 is 10.1 Å². The maximum absolute atomic E-state index is 12.4. The first-order valence-electron chi connectivity index (χ1n) is 7.58. The van der Waals surface area contributed by atoms with Crippen LogP contribution in [0.2, 0.25) is 0 Å². The lowest BCUT2D eigenvalue weighted by Gasteiger charge is -2.21. The van der Waals surface area contributed by atoms with Crippen molar-refractivity contribution in [2.75, 3.05) is 31.6 Å². The molecular formula is C15H24N2O3S. The SMILES string of the molecule is CCCCOCCNS(=O)(=O)c1cccc2c1CCCN2. The Labute approximate surface area is 127 Å². The van der Waals surface area contributed by atoms with Crippen LogP contribution in [0.25, 0.3) is 0 Å². The molecule has 118 valence electrons. The van der Waals surface area contributed by atoms with Gasteiger partial charge >= 0.3 is 0 Å². The quantitative estimate of drug-likeness (QED) is 0.722. The molecule has 21 heavy (non-hydrogen) atoms. The second kappa shape index (κ2) is 7.77. The molecule has 0 atom stereocenters. The van der Waals surface area contributed by atoms with Gasteiger partial charge in [0.1, 0.15) is 0 Å². The summed E-state index contributed by atoms with van der Waals surface area (Å²) in [5.74, 6) is 0. The summed E-state index contributed by atoms with van der Waals surface area (Å²) in [4.78, 5) is 0.390. The van der Waals surface area contributed by atoms with E-state index in [-0.39, 0.29) is 0 Å². The van der Waals surface area contributed by atoms with Crippen molar-refractivity contribution < 1.29 is 13.2 Å². The first-order chi connectivity index (χ1) is 10.1. The number of rotatable bonds is 8. The third-order valence-corrected chi connectivity index (χ3v) is 5.07. The van der Waals surface area contributed by atoms with Crippen molar-refractivity contribution in [1.29, 1.82) is 0 Å². The van der Waals surface area contributed by atoms with E-state index in [4.69, 9.17) is 4.74 Å². The molecule has 1 aromatic rings. The highest BCUT2D eigenvalue weighted by Crippen LogP contribution is 2.28. The fraction of sp³-hybridized carbons (Fsp3) is 0.600. The van der Waals surface area contributed by atoms with E-state index < -0.39 is 10.0 Å². The van der Waals surface area contributed by atoms with Crippen molar-refractivity contribution in [3.8, 4) is 0 Å². The third-order valence-electron chi connectivity index (χ3n) is 3.52. The molecule has 2 rings (SSSR count). The zero-order chi connectivity index (χ0) is 15.1. The van der Waals surface area contributed by atoms with Crippen LogP contribution in [-0.4, -0.2) is 34.7 Å². The second-order valence-corrected chi connectivity index (χ2v) is 6.91. The van der Waals surface area contributed by atoms with E-state index in [1.165, 1.54) is 0 Å². The monoisotopic (exact) mass is 312 g/mol. The lowest BCUT2D eigenvalue weighted by molar-refractivity contribution is 0.136. The van der Waals surface area contributed by atoms with Crippen molar-refractivity contribution in [3.63, 3.8) is 0 Å². The van der Waals surface area contributed by atoms with E-state index in [0.29, 0.717) is 24.7 Å². The Balaban J connectivity index is 1.96. The molecular weight excluding hydrogens is 288 g/mol. The van der Waals surface area contributed by atoms with Crippen LogP contribution in [0.4, 0.5) is 5.69 Å². The van der Waals surface area contributed by atoms with Crippen molar-refractivity contribution in [2.24, 2.45) is 0 Å². The molecule has 5 nitrogen and oxygen atoms in total. The van der Waals surface area contributed by atoms with Gasteiger partial charge in [0.25, 0.3) is 0 Å². The number of hydrogen-bond donors (Lipinski definition) is 2. The van der Waals surface area contributed by atoms with E-state index >= 15 is 0 Å². The van der Waals surface area contributed by atoms with E-state index in [1.807, 2.05) is 6.07 Å². The molecule has 0 unspecified atom stereocenters. The minimum atomic E-state index is -3.46. The number of nitrogens with one attached hydrogen (secondary N) is 2. The summed E-state index contributed by atoms with van der Waals surface area (Å²) in [6.07, 6.45) is 3.84. The molecule has 0 amide bonds. The summed E-state index contributed by atoms with van der Waals surface area (Å²) in [6.45, 7) is 4.40. The van der Waals surface area contributed by atoms with Gasteiger partial charge in [-0.3, -0.25) is 0 Å². The van der Waals surface area contributed by atoms with Gasteiger partial charge in [0.15, 0.2) is 0 Å². The number of unbranched alkanes of at least 4 members (excludes halogenated alkanes) is 1. The smallest absolute Gasteiger partial charge is 0.240 e. The first-order valence-corrected chi connectivity index (χ1v) is 9.06. The van der Waals surface area contributed by atoms with Crippen LogP contribution in [-0.2, 0) is 21.2 Å². The lowest BCUT2D eigenvalue weighted by atomic mass is 10.0. The van der Waals surface area contributed by atoms with E-state index in [2.05, 4.69) is 17.0 Å². The molecule has 0 radical (unpaired) electrons. The topological polar surface area (TPSA) is 67.4 Å². The molecule has 0 spiro atoms. The number of ether oxygens (including phenoxy) is 1. The highest BCUT2D eigenvalue weighted by molar-refractivity contribution is 7.89. The third kappa shape index (κ3) is 4.43. The van der Waals surface area contributed by atoms with Crippen molar-refractivity contribution in [1.82, 2.24) is 4.72 Å². The van der Waals surface area contributed by atoms with Gasteiger partial charge in [-0.2, -0.15) is 0 Å². The fourth-order valence-electron chi connectivity index (χ4n) is 2.40. The second-order valence-electron chi connectivity index (χ2n) is 5.18. The largest absolute Gasteiger partial charge is 0.385 e. The molecule has 1 aromatic carbocycles. The Bertz CT molecular complexity index is 558. The molecule has 0 saturated carbocycles. The predicted molar refractivity (Wildman–Crippen MR) is 84.2 cm³/mol. The van der Waals surface area contributed by atoms with Gasteiger partial charge in [0, 0.05) is 25.4 Å². The fourth-order valence-corrected chi connectivity index (χ4v) is 3.71. The van der Waals surface area contributed by atoms with Crippen molar-refractivity contribution >= 4 is 15.7 Å². The predicted octanol–water partition coefficient (Wildman–Crippen LogP) is 2.14. The van der Waals surface area contributed by atoms with Crippen LogP contribution in [0, 0.1) is 0 Å². The van der Waals surface area contributed by atoms with Crippen LogP contribution >= 0.6 is 0 Å². The van der Waals surface area contributed by atoms with Gasteiger partial charge in [-0.15, -0.1) is 0 Å². The Hall–Kier alpha value is -1.11. The Morgan fingerprint density at radius 1 is 1.33 bits per heavy atom. The molecule has 6 heteroatoms.